The van der Waals surface area contributed by atoms with Crippen LogP contribution in [0, 0.1) is 0 Å². The molecule has 0 aliphatic heterocycles. The molecule has 0 nitrogen and oxygen atoms in total. The fraction of sp³-hybridized carbons (Fsp3) is 0.733. The van der Waals surface area contributed by atoms with Gasteiger partial charge in [-0.05, 0) is 0 Å². The molecule has 0 saturated heterocycles. The van der Waals surface area contributed by atoms with Gasteiger partial charge in [0.15, 0.2) is 0 Å². The van der Waals surface area contributed by atoms with Crippen LogP contribution < -0.4 is 0 Å². The summed E-state index contributed by atoms with van der Waals surface area (Å²) in [5.74, 6) is 0. The molecule has 0 amide bonds. The molecule has 0 N–H and O–H groups in total. The van der Waals surface area contributed by atoms with E-state index in [4.69, 9.17) is 0 Å². The molecular formula is C15H26Ti. The second-order valence-electron chi connectivity index (χ2n) is 6.79. The van der Waals surface area contributed by atoms with E-state index in [1.807, 2.05) is 5.57 Å². The Labute approximate surface area is 105 Å². The molecule has 2 aliphatic carbocycles. The Balaban J connectivity index is 2.59. The van der Waals surface area contributed by atoms with Crippen molar-refractivity contribution in [1.29, 1.82) is 0 Å². The molecule has 0 saturated carbocycles. The molecule has 0 radical (unpaired) electrons. The van der Waals surface area contributed by atoms with E-state index >= 15 is 0 Å². The van der Waals surface area contributed by atoms with Crippen molar-refractivity contribution in [3.63, 3.8) is 0 Å². The second-order valence-corrected chi connectivity index (χ2v) is 15.4. The Bertz CT molecular complexity index is 379. The van der Waals surface area contributed by atoms with E-state index in [1.165, 1.54) is 25.7 Å². The van der Waals surface area contributed by atoms with Crippen molar-refractivity contribution in [2.45, 2.75) is 65.9 Å². The molecule has 0 aromatic rings. The molecule has 0 heterocycles. The maximum absolute atomic E-state index is 2.58. The monoisotopic (exact) mass is 254 g/mol. The Hall–Kier alpha value is 0.194. The van der Waals surface area contributed by atoms with Gasteiger partial charge in [0.25, 0.3) is 0 Å². The first-order valence-corrected chi connectivity index (χ1v) is 12.2. The number of hydrogen-bond donors (Lipinski definition) is 0. The summed E-state index contributed by atoms with van der Waals surface area (Å²) in [5, 5.41) is 7.75. The van der Waals surface area contributed by atoms with Gasteiger partial charge in [0.05, 0.1) is 0 Å². The van der Waals surface area contributed by atoms with Crippen molar-refractivity contribution >= 4 is 0 Å². The molecule has 0 bridgehead atoms. The van der Waals surface area contributed by atoms with Crippen LogP contribution in [0.1, 0.15) is 46.5 Å². The summed E-state index contributed by atoms with van der Waals surface area (Å²) in [6.07, 6.45) is 5.57. The summed E-state index contributed by atoms with van der Waals surface area (Å²) in [4.78, 5) is 0. The van der Waals surface area contributed by atoms with Crippen molar-refractivity contribution < 1.29 is 16.6 Å². The second kappa shape index (κ2) is 3.85. The molecular weight excluding hydrogens is 228 g/mol. The van der Waals surface area contributed by atoms with Gasteiger partial charge in [-0.3, -0.25) is 0 Å². The summed E-state index contributed by atoms with van der Waals surface area (Å²) >= 11 is -1.71. The zero-order chi connectivity index (χ0) is 12.1. The van der Waals surface area contributed by atoms with E-state index in [0.717, 1.165) is 0 Å². The molecule has 0 spiro atoms. The first-order valence-electron chi connectivity index (χ1n) is 6.71. The third-order valence-electron chi connectivity index (χ3n) is 5.34. The standard InChI is InChI=1S/C12H17.3CH3.Ti/c1-8-9(2)11-6-4-5-7-12(11)10(8)3;;;;/h4-7H2,1-3H3;3*1H3;. The average molecular weight is 254 g/mol. The molecule has 0 aromatic heterocycles. The zero-order valence-corrected chi connectivity index (χ0v) is 13.4. The van der Waals surface area contributed by atoms with Crippen molar-refractivity contribution in [1.82, 2.24) is 0 Å². The van der Waals surface area contributed by atoms with Crippen LogP contribution in [0.2, 0.25) is 19.4 Å². The van der Waals surface area contributed by atoms with Gasteiger partial charge in [-0.15, -0.1) is 0 Å². The van der Waals surface area contributed by atoms with Crippen LogP contribution in [-0.4, -0.2) is 0 Å². The minimum absolute atomic E-state index is 0.500. The summed E-state index contributed by atoms with van der Waals surface area (Å²) in [6.45, 7) is 7.33. The van der Waals surface area contributed by atoms with Crippen LogP contribution in [0.15, 0.2) is 22.3 Å². The Kier molecular flexibility index (Phi) is 3.04. The molecule has 0 aromatic carbocycles. The molecule has 2 aliphatic rings. The first kappa shape index (κ1) is 12.6. The van der Waals surface area contributed by atoms with E-state index in [1.54, 1.807) is 16.7 Å². The Morgan fingerprint density at radius 2 is 1.56 bits per heavy atom. The number of rotatable bonds is 1. The fourth-order valence-electron chi connectivity index (χ4n) is 3.71. The number of hydrogen-bond acceptors (Lipinski definition) is 0. The Morgan fingerprint density at radius 1 is 1.00 bits per heavy atom. The van der Waals surface area contributed by atoms with Crippen LogP contribution in [0.25, 0.3) is 0 Å². The summed E-state index contributed by atoms with van der Waals surface area (Å²) in [5.41, 5.74) is 6.97. The molecule has 1 atom stereocenters. The van der Waals surface area contributed by atoms with Crippen molar-refractivity contribution in [3.05, 3.63) is 22.3 Å². The normalized spacial score (nSPS) is 31.1. The van der Waals surface area contributed by atoms with Crippen molar-refractivity contribution in [2.24, 2.45) is 0 Å². The van der Waals surface area contributed by atoms with Gasteiger partial charge in [0.1, 0.15) is 0 Å². The van der Waals surface area contributed by atoms with Crippen LogP contribution in [0.4, 0.5) is 0 Å². The molecule has 1 unspecified atom stereocenters. The van der Waals surface area contributed by atoms with Crippen LogP contribution in [-0.2, 0) is 16.6 Å². The van der Waals surface area contributed by atoms with E-state index in [0.29, 0.717) is 3.72 Å². The van der Waals surface area contributed by atoms with Gasteiger partial charge in [0, 0.05) is 0 Å². The average Bonchev–Trinajstić information content (AvgIpc) is 2.42. The minimum atomic E-state index is -1.71. The molecule has 0 fully saturated rings. The van der Waals surface area contributed by atoms with Gasteiger partial charge in [-0.2, -0.15) is 0 Å². The van der Waals surface area contributed by atoms with Gasteiger partial charge in [-0.25, -0.2) is 0 Å². The number of allylic oxidation sites excluding steroid dienone is 4. The van der Waals surface area contributed by atoms with Crippen molar-refractivity contribution in [2.75, 3.05) is 0 Å². The van der Waals surface area contributed by atoms with Crippen LogP contribution >= 0.6 is 0 Å². The first-order chi connectivity index (χ1) is 7.30. The van der Waals surface area contributed by atoms with Gasteiger partial charge in [-0.1, -0.05) is 0 Å². The fourth-order valence-corrected chi connectivity index (χ4v) is 7.61. The van der Waals surface area contributed by atoms with E-state index in [9.17, 15) is 0 Å². The molecule has 2 rings (SSSR count). The van der Waals surface area contributed by atoms with E-state index in [-0.39, 0.29) is 0 Å². The van der Waals surface area contributed by atoms with Gasteiger partial charge >= 0.3 is 105 Å². The molecule has 90 valence electrons. The molecule has 16 heavy (non-hydrogen) atoms. The topological polar surface area (TPSA) is 0 Å². The maximum atomic E-state index is 2.58. The summed E-state index contributed by atoms with van der Waals surface area (Å²) < 4.78 is 0.500. The van der Waals surface area contributed by atoms with Crippen LogP contribution in [0.5, 0.6) is 0 Å². The van der Waals surface area contributed by atoms with Crippen LogP contribution in [0.3, 0.4) is 0 Å². The van der Waals surface area contributed by atoms with Gasteiger partial charge in [0.2, 0.25) is 0 Å². The van der Waals surface area contributed by atoms with E-state index < -0.39 is 16.6 Å². The van der Waals surface area contributed by atoms with E-state index in [2.05, 4.69) is 36.5 Å². The Morgan fingerprint density at radius 3 is 2.12 bits per heavy atom. The zero-order valence-electron chi connectivity index (χ0n) is 11.8. The summed E-state index contributed by atoms with van der Waals surface area (Å²) in [7, 11) is 0. The SMILES string of the molecule is CC1=C(C)[C](C)([Ti]([CH3])([CH3])[CH3])C2=C1CCCC2. The third kappa shape index (κ3) is 1.53. The quantitative estimate of drug-likeness (QED) is 0.528. The molecule has 1 heteroatoms. The predicted octanol–water partition coefficient (Wildman–Crippen LogP) is 5.68. The summed E-state index contributed by atoms with van der Waals surface area (Å²) in [6, 6.07) is 0. The third-order valence-corrected chi connectivity index (χ3v) is 11.1. The van der Waals surface area contributed by atoms with Gasteiger partial charge < -0.3 is 0 Å². The van der Waals surface area contributed by atoms with Crippen molar-refractivity contribution in [3.8, 4) is 0 Å². The predicted molar refractivity (Wildman–Crippen MR) is 69.8 cm³/mol.